The molecule has 0 aromatic rings. The number of amides is 4. The Kier molecular flexibility index (Phi) is 10.1. The van der Waals surface area contributed by atoms with Crippen LogP contribution in [0.4, 0.5) is 0 Å². The van der Waals surface area contributed by atoms with Gasteiger partial charge in [-0.1, -0.05) is 0 Å². The maximum atomic E-state index is 12.3. The molecule has 158 valence electrons. The highest BCUT2D eigenvalue weighted by Crippen LogP contribution is 2.00. The first-order chi connectivity index (χ1) is 12.8. The first-order valence-corrected chi connectivity index (χ1v) is 7.89. The minimum atomic E-state index is -1.70. The van der Waals surface area contributed by atoms with Crippen LogP contribution in [0.1, 0.15) is 19.8 Å². The molecule has 4 atom stereocenters. The standard InChI is InChI=1S/C14H23N5O9/c1-5(20)11(16)14(28)19-7(3-9(22)23)13(27)18-6(2-8(15)21)12(26)17-4-10(24)25/h5-7,11,20H,2-4,16H2,1H3,(H2,15,21)(H,17,26)(H,18,27)(H,19,28)(H,22,23)(H,24,25). The first kappa shape index (κ1) is 24.7. The SMILES string of the molecule is CC(O)C(N)C(=O)NC(CC(=O)O)C(=O)NC(CC(N)=O)C(=O)NCC(=O)O. The highest BCUT2D eigenvalue weighted by molar-refractivity contribution is 5.96. The van der Waals surface area contributed by atoms with E-state index in [0.29, 0.717) is 0 Å². The van der Waals surface area contributed by atoms with Crippen molar-refractivity contribution in [2.24, 2.45) is 11.5 Å². The van der Waals surface area contributed by atoms with Gasteiger partial charge in [-0.2, -0.15) is 0 Å². The number of aliphatic hydroxyl groups is 1. The fourth-order valence-corrected chi connectivity index (χ4v) is 1.84. The van der Waals surface area contributed by atoms with E-state index in [1.54, 1.807) is 0 Å². The summed E-state index contributed by atoms with van der Waals surface area (Å²) >= 11 is 0. The molecular weight excluding hydrogens is 382 g/mol. The smallest absolute Gasteiger partial charge is 0.322 e. The van der Waals surface area contributed by atoms with E-state index in [1.165, 1.54) is 6.92 Å². The van der Waals surface area contributed by atoms with Crippen LogP contribution < -0.4 is 27.4 Å². The minimum Gasteiger partial charge on any atom is -0.481 e. The predicted octanol–water partition coefficient (Wildman–Crippen LogP) is -4.78. The molecule has 0 bridgehead atoms. The van der Waals surface area contributed by atoms with Crippen molar-refractivity contribution in [3.63, 3.8) is 0 Å². The van der Waals surface area contributed by atoms with Crippen LogP contribution in [0.2, 0.25) is 0 Å². The molecule has 0 aliphatic carbocycles. The number of aliphatic carboxylic acids is 2. The summed E-state index contributed by atoms with van der Waals surface area (Å²) in [6.45, 7) is 0.398. The molecule has 0 aliphatic rings. The van der Waals surface area contributed by atoms with Crippen molar-refractivity contribution >= 4 is 35.6 Å². The Labute approximate surface area is 158 Å². The van der Waals surface area contributed by atoms with Gasteiger partial charge in [0.1, 0.15) is 24.7 Å². The van der Waals surface area contributed by atoms with E-state index in [0.717, 1.165) is 0 Å². The third kappa shape index (κ3) is 9.44. The summed E-state index contributed by atoms with van der Waals surface area (Å²) in [6.07, 6.45) is -2.90. The number of hydrogen-bond donors (Lipinski definition) is 8. The third-order valence-electron chi connectivity index (χ3n) is 3.29. The van der Waals surface area contributed by atoms with Crippen molar-refractivity contribution in [3.8, 4) is 0 Å². The Morgan fingerprint density at radius 3 is 1.79 bits per heavy atom. The molecule has 10 N–H and O–H groups in total. The lowest BCUT2D eigenvalue weighted by Crippen LogP contribution is -2.58. The van der Waals surface area contributed by atoms with Crippen LogP contribution in [0.5, 0.6) is 0 Å². The van der Waals surface area contributed by atoms with Crippen LogP contribution in [-0.4, -0.2) is 81.7 Å². The molecule has 0 rings (SSSR count). The number of carboxylic acid groups (broad SMARTS) is 2. The normalized spacial score (nSPS) is 14.7. The largest absolute Gasteiger partial charge is 0.481 e. The fourth-order valence-electron chi connectivity index (χ4n) is 1.84. The Bertz CT molecular complexity index is 637. The fraction of sp³-hybridized carbons (Fsp3) is 0.571. The topological polar surface area (TPSA) is 251 Å². The van der Waals surface area contributed by atoms with Gasteiger partial charge in [-0.05, 0) is 6.92 Å². The zero-order chi connectivity index (χ0) is 22.0. The van der Waals surface area contributed by atoms with Crippen molar-refractivity contribution in [2.45, 2.75) is 44.0 Å². The summed E-state index contributed by atoms with van der Waals surface area (Å²) in [7, 11) is 0. The monoisotopic (exact) mass is 405 g/mol. The number of nitrogens with two attached hydrogens (primary N) is 2. The van der Waals surface area contributed by atoms with Crippen molar-refractivity contribution in [1.29, 1.82) is 0 Å². The Morgan fingerprint density at radius 1 is 0.857 bits per heavy atom. The van der Waals surface area contributed by atoms with Crippen molar-refractivity contribution in [3.05, 3.63) is 0 Å². The van der Waals surface area contributed by atoms with E-state index in [2.05, 4.69) is 0 Å². The number of carbonyl (C=O) groups is 6. The molecular formula is C14H23N5O9. The van der Waals surface area contributed by atoms with Gasteiger partial charge >= 0.3 is 11.9 Å². The van der Waals surface area contributed by atoms with Crippen LogP contribution in [0.3, 0.4) is 0 Å². The summed E-state index contributed by atoms with van der Waals surface area (Å²) in [4.78, 5) is 68.6. The van der Waals surface area contributed by atoms with E-state index in [-0.39, 0.29) is 0 Å². The number of nitrogens with one attached hydrogen (secondary N) is 3. The molecule has 0 saturated heterocycles. The summed E-state index contributed by atoms with van der Waals surface area (Å²) in [6, 6.07) is -4.76. The molecule has 0 heterocycles. The molecule has 4 unspecified atom stereocenters. The van der Waals surface area contributed by atoms with E-state index in [1.807, 2.05) is 16.0 Å². The van der Waals surface area contributed by atoms with Crippen molar-refractivity contribution < 1.29 is 44.1 Å². The second-order valence-electron chi connectivity index (χ2n) is 5.77. The first-order valence-electron chi connectivity index (χ1n) is 7.89. The maximum Gasteiger partial charge on any atom is 0.322 e. The predicted molar refractivity (Wildman–Crippen MR) is 90.2 cm³/mol. The molecule has 0 aromatic carbocycles. The average molecular weight is 405 g/mol. The second-order valence-corrected chi connectivity index (χ2v) is 5.77. The van der Waals surface area contributed by atoms with Crippen LogP contribution in [0.25, 0.3) is 0 Å². The average Bonchev–Trinajstić information content (AvgIpc) is 2.56. The van der Waals surface area contributed by atoms with Crippen molar-refractivity contribution in [1.82, 2.24) is 16.0 Å². The maximum absolute atomic E-state index is 12.3. The highest BCUT2D eigenvalue weighted by Gasteiger charge is 2.31. The number of aliphatic hydroxyl groups excluding tert-OH is 1. The van der Waals surface area contributed by atoms with Crippen LogP contribution in [0, 0.1) is 0 Å². The molecule has 28 heavy (non-hydrogen) atoms. The molecule has 0 aromatic heterocycles. The van der Waals surface area contributed by atoms with E-state index >= 15 is 0 Å². The van der Waals surface area contributed by atoms with E-state index in [4.69, 9.17) is 21.7 Å². The van der Waals surface area contributed by atoms with E-state index < -0.39 is 79.2 Å². The lowest BCUT2D eigenvalue weighted by molar-refractivity contribution is -0.142. The van der Waals surface area contributed by atoms with Gasteiger partial charge in [-0.25, -0.2) is 0 Å². The van der Waals surface area contributed by atoms with Crippen LogP contribution in [-0.2, 0) is 28.8 Å². The number of hydrogen-bond acceptors (Lipinski definition) is 8. The highest BCUT2D eigenvalue weighted by atomic mass is 16.4. The van der Waals surface area contributed by atoms with Gasteiger partial charge in [0.25, 0.3) is 0 Å². The summed E-state index contributed by atoms with van der Waals surface area (Å²) < 4.78 is 0. The quantitative estimate of drug-likeness (QED) is 0.154. The lowest BCUT2D eigenvalue weighted by Gasteiger charge is -2.23. The number of rotatable bonds is 12. The number of primary amides is 1. The Hall–Kier alpha value is -3.26. The summed E-state index contributed by atoms with van der Waals surface area (Å²) in [5.74, 6) is -7.13. The Balaban J connectivity index is 5.30. The zero-order valence-electron chi connectivity index (χ0n) is 14.9. The van der Waals surface area contributed by atoms with Gasteiger partial charge in [-0.15, -0.1) is 0 Å². The number of carbonyl (C=O) groups excluding carboxylic acids is 4. The summed E-state index contributed by atoms with van der Waals surface area (Å²) in [5, 5.41) is 32.7. The Morgan fingerprint density at radius 2 is 1.36 bits per heavy atom. The van der Waals surface area contributed by atoms with Gasteiger partial charge < -0.3 is 42.7 Å². The lowest BCUT2D eigenvalue weighted by atomic mass is 10.1. The summed E-state index contributed by atoms with van der Waals surface area (Å²) in [5.41, 5.74) is 10.4. The molecule has 0 saturated carbocycles. The van der Waals surface area contributed by atoms with E-state index in [9.17, 15) is 33.9 Å². The molecule has 0 fully saturated rings. The van der Waals surface area contributed by atoms with Crippen molar-refractivity contribution in [2.75, 3.05) is 6.54 Å². The molecule has 0 spiro atoms. The molecule has 14 nitrogen and oxygen atoms in total. The molecule has 14 heteroatoms. The molecule has 4 amide bonds. The van der Waals surface area contributed by atoms with Gasteiger partial charge in [0.05, 0.1) is 18.9 Å². The second kappa shape index (κ2) is 11.5. The number of carboxylic acids is 2. The van der Waals surface area contributed by atoms with Gasteiger partial charge in [0, 0.05) is 0 Å². The minimum absolute atomic E-state index is 0.710. The third-order valence-corrected chi connectivity index (χ3v) is 3.29. The molecule has 0 aliphatic heterocycles. The van der Waals surface area contributed by atoms with Gasteiger partial charge in [0.2, 0.25) is 23.6 Å². The van der Waals surface area contributed by atoms with Gasteiger partial charge in [0.15, 0.2) is 0 Å². The molecule has 0 radical (unpaired) electrons. The van der Waals surface area contributed by atoms with Crippen LogP contribution >= 0.6 is 0 Å². The van der Waals surface area contributed by atoms with Gasteiger partial charge in [-0.3, -0.25) is 28.8 Å². The zero-order valence-corrected chi connectivity index (χ0v) is 14.9. The van der Waals surface area contributed by atoms with Crippen LogP contribution in [0.15, 0.2) is 0 Å².